The predicted octanol–water partition coefficient (Wildman–Crippen LogP) is 0.194. The lowest BCUT2D eigenvalue weighted by molar-refractivity contribution is 0.281. The summed E-state index contributed by atoms with van der Waals surface area (Å²) in [5, 5.41) is 9.07. The fourth-order valence-electron chi connectivity index (χ4n) is 1.34. The van der Waals surface area contributed by atoms with Gasteiger partial charge in [-0.25, -0.2) is 17.8 Å². The van der Waals surface area contributed by atoms with Gasteiger partial charge in [0.2, 0.25) is 0 Å². The second-order valence-electron chi connectivity index (χ2n) is 3.85. The highest BCUT2D eigenvalue weighted by molar-refractivity contribution is 7.90. The molecule has 0 aliphatic heterocycles. The lowest BCUT2D eigenvalue weighted by Gasteiger charge is -2.20. The molecule has 1 rings (SSSR count). The van der Waals surface area contributed by atoms with Crippen molar-refractivity contribution < 1.29 is 17.9 Å². The van der Waals surface area contributed by atoms with E-state index >= 15 is 0 Å². The molecule has 1 heterocycles. The molecule has 1 aromatic rings. The fourth-order valence-corrected chi connectivity index (χ4v) is 1.95. The van der Waals surface area contributed by atoms with Crippen molar-refractivity contribution in [3.8, 4) is 0 Å². The molecule has 0 unspecified atom stereocenters. The van der Waals surface area contributed by atoms with Gasteiger partial charge in [-0.15, -0.1) is 0 Å². The summed E-state index contributed by atoms with van der Waals surface area (Å²) in [6.45, 7) is -0.103. The molecule has 0 bridgehead atoms. The van der Waals surface area contributed by atoms with Gasteiger partial charge < -0.3 is 10.0 Å². The molecule has 0 radical (unpaired) electrons. The summed E-state index contributed by atoms with van der Waals surface area (Å²) in [4.78, 5) is 5.42. The van der Waals surface area contributed by atoms with E-state index in [0.29, 0.717) is 11.4 Å². The molecule has 0 aliphatic rings. The minimum Gasteiger partial charge on any atom is -0.392 e. The molecule has 96 valence electrons. The van der Waals surface area contributed by atoms with Crippen molar-refractivity contribution in [2.45, 2.75) is 6.61 Å². The van der Waals surface area contributed by atoms with Crippen molar-refractivity contribution in [2.24, 2.45) is 0 Å². The second kappa shape index (κ2) is 5.42. The predicted molar refractivity (Wildman–Crippen MR) is 63.1 cm³/mol. The number of aliphatic hydroxyl groups excluding tert-OH is 1. The summed E-state index contributed by atoms with van der Waals surface area (Å²) >= 11 is 0. The smallest absolute Gasteiger partial charge is 0.149 e. The van der Waals surface area contributed by atoms with Gasteiger partial charge in [-0.05, 0) is 6.07 Å². The lowest BCUT2D eigenvalue weighted by atomic mass is 10.2. The van der Waals surface area contributed by atoms with Gasteiger partial charge in [0, 0.05) is 25.4 Å². The van der Waals surface area contributed by atoms with Crippen LogP contribution in [0.4, 0.5) is 10.2 Å². The molecule has 0 saturated carbocycles. The minimum absolute atomic E-state index is 0.0204. The number of hydrogen-bond donors (Lipinski definition) is 1. The van der Waals surface area contributed by atoms with E-state index in [2.05, 4.69) is 4.98 Å². The van der Waals surface area contributed by atoms with Crippen molar-refractivity contribution in [3.05, 3.63) is 23.6 Å². The molecule has 0 amide bonds. The fraction of sp³-hybridized carbons (Fsp3) is 0.500. The summed E-state index contributed by atoms with van der Waals surface area (Å²) in [6, 6.07) is 1.18. The number of anilines is 1. The van der Waals surface area contributed by atoms with Gasteiger partial charge in [-0.1, -0.05) is 0 Å². The van der Waals surface area contributed by atoms with Crippen LogP contribution in [0.25, 0.3) is 0 Å². The van der Waals surface area contributed by atoms with E-state index in [-0.39, 0.29) is 18.9 Å². The van der Waals surface area contributed by atoms with Gasteiger partial charge in [0.15, 0.2) is 0 Å². The van der Waals surface area contributed by atoms with E-state index in [1.807, 2.05) is 0 Å². The van der Waals surface area contributed by atoms with E-state index in [1.54, 1.807) is 11.9 Å². The normalized spacial score (nSPS) is 11.5. The van der Waals surface area contributed by atoms with Gasteiger partial charge >= 0.3 is 0 Å². The van der Waals surface area contributed by atoms with Gasteiger partial charge in [0.05, 0.1) is 18.6 Å². The summed E-state index contributed by atoms with van der Waals surface area (Å²) in [6.07, 6.45) is 2.18. The van der Waals surface area contributed by atoms with Crippen molar-refractivity contribution in [1.29, 1.82) is 0 Å². The van der Waals surface area contributed by atoms with Crippen molar-refractivity contribution in [2.75, 3.05) is 30.5 Å². The summed E-state index contributed by atoms with van der Waals surface area (Å²) < 4.78 is 34.9. The van der Waals surface area contributed by atoms with Crippen LogP contribution in [0.15, 0.2) is 12.3 Å². The van der Waals surface area contributed by atoms with E-state index in [4.69, 9.17) is 5.11 Å². The Balaban J connectivity index is 2.85. The van der Waals surface area contributed by atoms with E-state index in [1.165, 1.54) is 6.07 Å². The molecule has 7 heteroatoms. The Morgan fingerprint density at radius 2 is 2.18 bits per heavy atom. The Morgan fingerprint density at radius 3 is 2.71 bits per heavy atom. The van der Waals surface area contributed by atoms with Gasteiger partial charge in [-0.2, -0.15) is 0 Å². The first-order chi connectivity index (χ1) is 7.83. The molecule has 0 aliphatic carbocycles. The van der Waals surface area contributed by atoms with E-state index in [0.717, 1.165) is 12.5 Å². The molecular weight excluding hydrogens is 247 g/mol. The number of rotatable bonds is 5. The zero-order valence-electron chi connectivity index (χ0n) is 9.72. The zero-order valence-corrected chi connectivity index (χ0v) is 10.5. The van der Waals surface area contributed by atoms with Gasteiger partial charge in [-0.3, -0.25) is 0 Å². The minimum atomic E-state index is -3.06. The van der Waals surface area contributed by atoms with Gasteiger partial charge in [0.25, 0.3) is 0 Å². The highest BCUT2D eigenvalue weighted by atomic mass is 32.2. The SMILES string of the molecule is CN(CCS(C)(=O)=O)c1ncc(F)cc1CO. The van der Waals surface area contributed by atoms with Crippen LogP contribution in [0.1, 0.15) is 5.56 Å². The Labute approximate surface area is 99.8 Å². The number of halogens is 1. The molecule has 5 nitrogen and oxygen atoms in total. The Bertz CT molecular complexity index is 490. The average Bonchev–Trinajstić information content (AvgIpc) is 2.24. The van der Waals surface area contributed by atoms with Crippen LogP contribution in [-0.2, 0) is 16.4 Å². The van der Waals surface area contributed by atoms with Crippen LogP contribution < -0.4 is 4.90 Å². The Kier molecular flexibility index (Phi) is 4.41. The third-order valence-corrected chi connectivity index (χ3v) is 3.16. The maximum Gasteiger partial charge on any atom is 0.149 e. The molecule has 1 aromatic heterocycles. The number of nitrogens with zero attached hydrogens (tertiary/aromatic N) is 2. The van der Waals surface area contributed by atoms with Crippen molar-refractivity contribution >= 4 is 15.7 Å². The van der Waals surface area contributed by atoms with Crippen LogP contribution in [0.2, 0.25) is 0 Å². The largest absolute Gasteiger partial charge is 0.392 e. The highest BCUT2D eigenvalue weighted by Crippen LogP contribution is 2.17. The monoisotopic (exact) mass is 262 g/mol. The zero-order chi connectivity index (χ0) is 13.1. The van der Waals surface area contributed by atoms with E-state index < -0.39 is 15.7 Å². The van der Waals surface area contributed by atoms with Crippen LogP contribution in [-0.4, -0.2) is 44.1 Å². The molecule has 0 spiro atoms. The van der Waals surface area contributed by atoms with Crippen LogP contribution in [0, 0.1) is 5.82 Å². The summed E-state index contributed by atoms with van der Waals surface area (Å²) in [7, 11) is -1.42. The number of pyridine rings is 1. The first-order valence-corrected chi connectivity index (χ1v) is 7.03. The maximum absolute atomic E-state index is 12.9. The Hall–Kier alpha value is -1.21. The van der Waals surface area contributed by atoms with Crippen LogP contribution in [0.5, 0.6) is 0 Å². The molecule has 0 aromatic carbocycles. The third-order valence-electron chi connectivity index (χ3n) is 2.24. The van der Waals surface area contributed by atoms with Crippen molar-refractivity contribution in [1.82, 2.24) is 4.98 Å². The van der Waals surface area contributed by atoms with Gasteiger partial charge in [0.1, 0.15) is 21.5 Å². The highest BCUT2D eigenvalue weighted by Gasteiger charge is 2.12. The molecule has 0 saturated heterocycles. The number of aromatic nitrogens is 1. The van der Waals surface area contributed by atoms with Crippen LogP contribution in [0.3, 0.4) is 0 Å². The number of hydrogen-bond acceptors (Lipinski definition) is 5. The molecule has 0 fully saturated rings. The number of sulfone groups is 1. The number of aliphatic hydroxyl groups is 1. The molecular formula is C10H15FN2O3S. The molecule has 17 heavy (non-hydrogen) atoms. The lowest BCUT2D eigenvalue weighted by Crippen LogP contribution is -2.26. The topological polar surface area (TPSA) is 70.5 Å². The third kappa shape index (κ3) is 4.27. The second-order valence-corrected chi connectivity index (χ2v) is 6.11. The first-order valence-electron chi connectivity index (χ1n) is 4.97. The van der Waals surface area contributed by atoms with Crippen molar-refractivity contribution in [3.63, 3.8) is 0 Å². The molecule has 0 atom stereocenters. The first kappa shape index (κ1) is 13.9. The standard InChI is InChI=1S/C10H15FN2O3S/c1-13(3-4-17(2,15)16)10-8(7-14)5-9(11)6-12-10/h5-6,14H,3-4,7H2,1-2H3. The quantitative estimate of drug-likeness (QED) is 0.820. The summed E-state index contributed by atoms with van der Waals surface area (Å²) in [5.41, 5.74) is 0.334. The summed E-state index contributed by atoms with van der Waals surface area (Å²) in [5.74, 6) is -0.167. The molecule has 1 N–H and O–H groups in total. The van der Waals surface area contributed by atoms with Crippen LogP contribution >= 0.6 is 0 Å². The average molecular weight is 262 g/mol. The maximum atomic E-state index is 12.9. The van der Waals surface area contributed by atoms with E-state index in [9.17, 15) is 12.8 Å². The Morgan fingerprint density at radius 1 is 1.53 bits per heavy atom.